The molecule has 206 valence electrons. The Kier molecular flexibility index (Phi) is 8.02. The topological polar surface area (TPSA) is 105 Å². The van der Waals surface area contributed by atoms with Gasteiger partial charge in [-0.1, -0.05) is 6.07 Å². The zero-order valence-corrected chi connectivity index (χ0v) is 20.6. The maximum absolute atomic E-state index is 14.8. The van der Waals surface area contributed by atoms with Crippen LogP contribution in [0.4, 0.5) is 27.6 Å². The molecular weight excluding hydrogens is 513 g/mol. The van der Waals surface area contributed by atoms with Gasteiger partial charge in [-0.3, -0.25) is 19.1 Å². The van der Waals surface area contributed by atoms with Crippen LogP contribution >= 0.6 is 0 Å². The second-order valence-electron chi connectivity index (χ2n) is 9.73. The van der Waals surface area contributed by atoms with Gasteiger partial charge in [-0.05, 0) is 68.1 Å². The molecule has 2 saturated carbocycles. The Bertz CT molecular complexity index is 1190. The number of alkyl halides is 3. The molecule has 1 aromatic heterocycles. The summed E-state index contributed by atoms with van der Waals surface area (Å²) in [5.41, 5.74) is -0.402. The number of aromatic nitrogens is 2. The minimum absolute atomic E-state index is 0.113. The summed E-state index contributed by atoms with van der Waals surface area (Å²) in [6.07, 6.45) is -0.567. The van der Waals surface area contributed by atoms with Gasteiger partial charge >= 0.3 is 6.18 Å². The molecule has 0 aliphatic heterocycles. The van der Waals surface area contributed by atoms with E-state index in [-0.39, 0.29) is 41.2 Å². The largest absolute Gasteiger partial charge is 0.405 e. The van der Waals surface area contributed by atoms with Crippen molar-refractivity contribution in [2.45, 2.75) is 57.8 Å². The van der Waals surface area contributed by atoms with Gasteiger partial charge in [0.1, 0.15) is 18.4 Å². The van der Waals surface area contributed by atoms with E-state index >= 15 is 0 Å². The van der Waals surface area contributed by atoms with E-state index in [0.29, 0.717) is 0 Å². The molecule has 0 bridgehead atoms. The molecule has 2 fully saturated rings. The number of carbonyl (C=O) groups is 3. The number of rotatable bonds is 11. The van der Waals surface area contributed by atoms with Crippen LogP contribution < -0.4 is 16.0 Å². The molecule has 1 unspecified atom stereocenters. The molecule has 38 heavy (non-hydrogen) atoms. The van der Waals surface area contributed by atoms with Crippen molar-refractivity contribution in [2.75, 3.05) is 11.9 Å². The van der Waals surface area contributed by atoms with E-state index < -0.39 is 54.5 Å². The van der Waals surface area contributed by atoms with Gasteiger partial charge in [0.25, 0.3) is 5.91 Å². The summed E-state index contributed by atoms with van der Waals surface area (Å²) in [5, 5.41) is 10.7. The van der Waals surface area contributed by atoms with Crippen LogP contribution in [0.25, 0.3) is 0 Å². The van der Waals surface area contributed by atoms with Crippen LogP contribution in [-0.2, 0) is 22.6 Å². The zero-order chi connectivity index (χ0) is 27.6. The minimum atomic E-state index is -4.57. The summed E-state index contributed by atoms with van der Waals surface area (Å²) in [6, 6.07) is 2.42. The maximum atomic E-state index is 14.8. The van der Waals surface area contributed by atoms with Crippen molar-refractivity contribution < 1.29 is 36.3 Å². The maximum Gasteiger partial charge on any atom is 0.405 e. The SMILES string of the molecule is CCn1ncc(F)c1C(=O)NC(C(=O)Nc1ccc(CC(=O)NCC(F)(F)F)cc1F)C(C1CC1)C1CC1. The lowest BCUT2D eigenvalue weighted by atomic mass is 9.88. The highest BCUT2D eigenvalue weighted by atomic mass is 19.4. The molecular formula is C25H28F5N5O3. The number of anilines is 1. The van der Waals surface area contributed by atoms with Crippen LogP contribution in [0.2, 0.25) is 0 Å². The van der Waals surface area contributed by atoms with Crippen LogP contribution in [0.1, 0.15) is 48.7 Å². The first kappa shape index (κ1) is 27.5. The van der Waals surface area contributed by atoms with Gasteiger partial charge < -0.3 is 16.0 Å². The van der Waals surface area contributed by atoms with E-state index in [1.165, 1.54) is 16.8 Å². The fourth-order valence-corrected chi connectivity index (χ4v) is 4.69. The number of aryl methyl sites for hydroxylation is 1. The molecule has 4 rings (SSSR count). The Labute approximate surface area is 215 Å². The molecule has 13 heteroatoms. The van der Waals surface area contributed by atoms with E-state index in [0.717, 1.165) is 37.9 Å². The second kappa shape index (κ2) is 11.1. The van der Waals surface area contributed by atoms with Crippen molar-refractivity contribution in [2.24, 2.45) is 17.8 Å². The molecule has 0 spiro atoms. The van der Waals surface area contributed by atoms with Crippen LogP contribution in [0, 0.1) is 29.4 Å². The van der Waals surface area contributed by atoms with Crippen molar-refractivity contribution in [3.05, 3.63) is 47.3 Å². The third-order valence-electron chi connectivity index (χ3n) is 6.74. The molecule has 2 aliphatic carbocycles. The van der Waals surface area contributed by atoms with Crippen molar-refractivity contribution in [1.29, 1.82) is 0 Å². The molecule has 1 aromatic carbocycles. The van der Waals surface area contributed by atoms with Gasteiger partial charge in [-0.25, -0.2) is 8.78 Å². The van der Waals surface area contributed by atoms with Gasteiger partial charge in [0, 0.05) is 6.54 Å². The van der Waals surface area contributed by atoms with E-state index in [2.05, 4.69) is 15.7 Å². The fraction of sp³-hybridized carbons (Fsp3) is 0.520. The Balaban J connectivity index is 1.48. The third kappa shape index (κ3) is 6.87. The lowest BCUT2D eigenvalue weighted by Crippen LogP contribution is -2.50. The highest BCUT2D eigenvalue weighted by molar-refractivity contribution is 6.01. The highest BCUT2D eigenvalue weighted by Gasteiger charge is 2.48. The lowest BCUT2D eigenvalue weighted by molar-refractivity contribution is -0.138. The van der Waals surface area contributed by atoms with Gasteiger partial charge in [-0.2, -0.15) is 18.3 Å². The second-order valence-corrected chi connectivity index (χ2v) is 9.73. The normalized spacial score (nSPS) is 16.3. The Morgan fingerprint density at radius 3 is 2.29 bits per heavy atom. The minimum Gasteiger partial charge on any atom is -0.347 e. The van der Waals surface area contributed by atoms with E-state index in [9.17, 15) is 36.3 Å². The Morgan fingerprint density at radius 1 is 1.08 bits per heavy atom. The van der Waals surface area contributed by atoms with E-state index in [1.54, 1.807) is 12.2 Å². The molecule has 8 nitrogen and oxygen atoms in total. The summed E-state index contributed by atoms with van der Waals surface area (Å²) in [6.45, 7) is 0.433. The van der Waals surface area contributed by atoms with Crippen LogP contribution in [-0.4, -0.2) is 46.3 Å². The lowest BCUT2D eigenvalue weighted by Gasteiger charge is -2.27. The number of nitrogens with zero attached hydrogens (tertiary/aromatic N) is 2. The van der Waals surface area contributed by atoms with Gasteiger partial charge in [0.2, 0.25) is 11.8 Å². The predicted octanol–water partition coefficient (Wildman–Crippen LogP) is 3.58. The molecule has 0 radical (unpaired) electrons. The molecule has 3 N–H and O–H groups in total. The average Bonchev–Trinajstić information content (AvgIpc) is 3.78. The first-order valence-electron chi connectivity index (χ1n) is 12.4. The zero-order valence-electron chi connectivity index (χ0n) is 20.6. The quantitative estimate of drug-likeness (QED) is 0.379. The van der Waals surface area contributed by atoms with Crippen molar-refractivity contribution in [1.82, 2.24) is 20.4 Å². The monoisotopic (exact) mass is 541 g/mol. The summed E-state index contributed by atoms with van der Waals surface area (Å²) in [5.74, 6) is -3.89. The van der Waals surface area contributed by atoms with Crippen LogP contribution in [0.15, 0.2) is 24.4 Å². The van der Waals surface area contributed by atoms with Gasteiger partial charge in [0.15, 0.2) is 11.5 Å². The summed E-state index contributed by atoms with van der Waals surface area (Å²) < 4.78 is 67.1. The van der Waals surface area contributed by atoms with E-state index in [1.807, 2.05) is 0 Å². The molecule has 2 aliphatic rings. The Morgan fingerprint density at radius 2 is 1.74 bits per heavy atom. The first-order chi connectivity index (χ1) is 18.0. The van der Waals surface area contributed by atoms with Crippen molar-refractivity contribution >= 4 is 23.4 Å². The third-order valence-corrected chi connectivity index (χ3v) is 6.74. The number of hydrogen-bond donors (Lipinski definition) is 3. The first-order valence-corrected chi connectivity index (χ1v) is 12.4. The highest BCUT2D eigenvalue weighted by Crippen LogP contribution is 2.51. The molecule has 2 aromatic rings. The smallest absolute Gasteiger partial charge is 0.347 e. The molecule has 3 amide bonds. The average molecular weight is 542 g/mol. The van der Waals surface area contributed by atoms with Crippen molar-refractivity contribution in [3.63, 3.8) is 0 Å². The summed E-state index contributed by atoms with van der Waals surface area (Å²) in [7, 11) is 0. The number of benzene rings is 1. The van der Waals surface area contributed by atoms with Gasteiger partial charge in [-0.15, -0.1) is 0 Å². The molecule has 1 heterocycles. The molecule has 0 saturated heterocycles. The summed E-state index contributed by atoms with van der Waals surface area (Å²) in [4.78, 5) is 38.1. The van der Waals surface area contributed by atoms with Crippen LogP contribution in [0.3, 0.4) is 0 Å². The Hall–Kier alpha value is -3.51. The standard InChI is InChI=1S/C25H28F5N5O3/c1-2-35-22(17(27)11-32-35)24(38)34-21(20(14-4-5-14)15-6-7-15)23(37)33-18-8-3-13(9-16(18)26)10-19(36)31-12-25(28,29)30/h3,8-9,11,14-15,20-21H,2,4-7,10,12H2,1H3,(H,31,36)(H,33,37)(H,34,38). The summed E-state index contributed by atoms with van der Waals surface area (Å²) >= 11 is 0. The number of halogens is 5. The number of nitrogens with one attached hydrogen (secondary N) is 3. The fourth-order valence-electron chi connectivity index (χ4n) is 4.69. The van der Waals surface area contributed by atoms with E-state index in [4.69, 9.17) is 0 Å². The molecule has 1 atom stereocenters. The number of carbonyl (C=O) groups excluding carboxylic acids is 3. The van der Waals surface area contributed by atoms with Crippen LogP contribution in [0.5, 0.6) is 0 Å². The van der Waals surface area contributed by atoms with Gasteiger partial charge in [0.05, 0.1) is 18.3 Å². The number of amides is 3. The van der Waals surface area contributed by atoms with Crippen molar-refractivity contribution in [3.8, 4) is 0 Å². The predicted molar refractivity (Wildman–Crippen MR) is 126 cm³/mol. The number of hydrogen-bond acceptors (Lipinski definition) is 4.